The fourth-order valence-electron chi connectivity index (χ4n) is 1.60. The minimum absolute atomic E-state index is 0.469. The van der Waals surface area contributed by atoms with Gasteiger partial charge in [0.15, 0.2) is 0 Å². The summed E-state index contributed by atoms with van der Waals surface area (Å²) >= 11 is 0. The van der Waals surface area contributed by atoms with Crippen LogP contribution in [0.5, 0.6) is 0 Å². The minimum atomic E-state index is 0.469. The second-order valence-electron chi connectivity index (χ2n) is 3.67. The molecule has 0 fully saturated rings. The fourth-order valence-corrected chi connectivity index (χ4v) is 2.27. The average Bonchev–Trinajstić information content (AvgIpc) is 2.38. The van der Waals surface area contributed by atoms with Crippen molar-refractivity contribution in [1.82, 2.24) is 4.98 Å². The molecule has 0 saturated heterocycles. The molecule has 0 amide bonds. The summed E-state index contributed by atoms with van der Waals surface area (Å²) in [7, 11) is 0.469. The average molecular weight is 247 g/mol. The molecule has 0 aliphatic rings. The molecule has 4 heteroatoms. The second-order valence-corrected chi connectivity index (χ2v) is 4.60. The van der Waals surface area contributed by atoms with Crippen LogP contribution < -0.4 is 0 Å². The van der Waals surface area contributed by atoms with Gasteiger partial charge in [-0.05, 0) is 36.8 Å². The van der Waals surface area contributed by atoms with Crippen molar-refractivity contribution < 1.29 is 9.32 Å². The van der Waals surface area contributed by atoms with E-state index in [1.54, 1.807) is 6.07 Å². The lowest BCUT2D eigenvalue weighted by molar-refractivity contribution is 0.112. The highest BCUT2D eigenvalue weighted by atomic mass is 31.1. The van der Waals surface area contributed by atoms with Crippen molar-refractivity contribution in [3.63, 3.8) is 0 Å². The van der Waals surface area contributed by atoms with Crippen molar-refractivity contribution >= 4 is 26.0 Å². The van der Waals surface area contributed by atoms with Crippen LogP contribution in [0.2, 0.25) is 0 Å². The molecule has 2 rings (SSSR count). The van der Waals surface area contributed by atoms with Gasteiger partial charge in [-0.1, -0.05) is 0 Å². The molecule has 1 heterocycles. The van der Waals surface area contributed by atoms with Gasteiger partial charge < -0.3 is 4.52 Å². The number of nitrogens with zero attached hydrogens (tertiary/aromatic N) is 1. The molecule has 88 valence electrons. The summed E-state index contributed by atoms with van der Waals surface area (Å²) in [4.78, 5) is 15.1. The lowest BCUT2D eigenvalue weighted by Crippen LogP contribution is -1.87. The first-order valence-electron chi connectivity index (χ1n) is 5.52. The zero-order valence-corrected chi connectivity index (χ0v) is 10.6. The summed E-state index contributed by atoms with van der Waals surface area (Å²) in [5.74, 6) is 0. The molecule has 0 N–H and O–H groups in total. The maximum Gasteiger partial charge on any atom is 0.150 e. The normalized spacial score (nSPS) is 11.4. The van der Waals surface area contributed by atoms with Crippen molar-refractivity contribution in [3.05, 3.63) is 41.6 Å². The Morgan fingerprint density at radius 2 is 2.29 bits per heavy atom. The van der Waals surface area contributed by atoms with E-state index in [-0.39, 0.29) is 0 Å². The quantitative estimate of drug-likeness (QED) is 0.462. The third kappa shape index (κ3) is 3.09. The first kappa shape index (κ1) is 12.2. The highest BCUT2D eigenvalue weighted by Gasteiger charge is 2.00. The predicted molar refractivity (Wildman–Crippen MR) is 70.8 cm³/mol. The van der Waals surface area contributed by atoms with E-state index in [0.29, 0.717) is 14.4 Å². The van der Waals surface area contributed by atoms with Crippen LogP contribution in [0.3, 0.4) is 0 Å². The summed E-state index contributed by atoms with van der Waals surface area (Å²) in [6, 6.07) is 7.58. The Morgan fingerprint density at radius 1 is 1.41 bits per heavy atom. The molecule has 2 aromatic rings. The second kappa shape index (κ2) is 5.85. The number of hydrogen-bond donors (Lipinski definition) is 0. The minimum Gasteiger partial charge on any atom is -0.362 e. The molecule has 1 atom stereocenters. The van der Waals surface area contributed by atoms with Crippen LogP contribution in [0.25, 0.3) is 10.9 Å². The molecule has 17 heavy (non-hydrogen) atoms. The first-order chi connectivity index (χ1) is 8.33. The van der Waals surface area contributed by atoms with Gasteiger partial charge >= 0.3 is 0 Å². The summed E-state index contributed by atoms with van der Waals surface area (Å²) < 4.78 is 5.34. The van der Waals surface area contributed by atoms with E-state index in [1.807, 2.05) is 25.3 Å². The van der Waals surface area contributed by atoms with E-state index in [9.17, 15) is 4.79 Å². The van der Waals surface area contributed by atoms with Crippen LogP contribution in [-0.2, 0) is 10.7 Å². The zero-order valence-electron chi connectivity index (χ0n) is 9.64. The number of rotatable bonds is 5. The summed E-state index contributed by atoms with van der Waals surface area (Å²) in [5, 5.41) is 1.01. The van der Waals surface area contributed by atoms with Crippen molar-refractivity contribution in [1.29, 1.82) is 0 Å². The largest absolute Gasteiger partial charge is 0.362 e. The maximum absolute atomic E-state index is 10.7. The smallest absolute Gasteiger partial charge is 0.150 e. The molecule has 0 spiro atoms. The summed E-state index contributed by atoms with van der Waals surface area (Å²) in [5.41, 5.74) is 2.75. The third-order valence-electron chi connectivity index (χ3n) is 2.42. The highest BCUT2D eigenvalue weighted by molar-refractivity contribution is 7.31. The molecule has 0 bridgehead atoms. The number of carbonyl (C=O) groups is 1. The van der Waals surface area contributed by atoms with Crippen molar-refractivity contribution in [2.24, 2.45) is 0 Å². The topological polar surface area (TPSA) is 39.2 Å². The van der Waals surface area contributed by atoms with Gasteiger partial charge in [0, 0.05) is 38.7 Å². The van der Waals surface area contributed by atoms with E-state index in [4.69, 9.17) is 4.52 Å². The molecule has 0 aliphatic carbocycles. The Morgan fingerprint density at radius 3 is 3.06 bits per heavy atom. The number of benzene rings is 1. The fraction of sp³-hybridized carbons (Fsp3) is 0.231. The highest BCUT2D eigenvalue weighted by Crippen LogP contribution is 2.22. The summed E-state index contributed by atoms with van der Waals surface area (Å²) in [6.45, 7) is 2.73. The molecular formula is C13H14NO2P. The number of aldehydes is 1. The Bertz CT molecular complexity index is 528. The Kier molecular flexibility index (Phi) is 4.18. The lowest BCUT2D eigenvalue weighted by atomic mass is 10.1. The van der Waals surface area contributed by atoms with E-state index in [1.165, 1.54) is 0 Å². The van der Waals surface area contributed by atoms with Crippen molar-refractivity contribution in [3.8, 4) is 0 Å². The molecular weight excluding hydrogens is 233 g/mol. The van der Waals surface area contributed by atoms with Crippen LogP contribution in [0.1, 0.15) is 22.8 Å². The van der Waals surface area contributed by atoms with Crippen LogP contribution in [-0.4, -0.2) is 17.9 Å². The standard InChI is InChI=1S/C13H14NO2P/c1-2-16-17-9-11-6-12-5-10(8-15)3-4-13(12)14-7-11/h3-8,17H,2,9H2,1H3. The van der Waals surface area contributed by atoms with Gasteiger partial charge in [-0.25, -0.2) is 0 Å². The number of fused-ring (bicyclic) bond motifs is 1. The van der Waals surface area contributed by atoms with Crippen LogP contribution in [0.4, 0.5) is 0 Å². The van der Waals surface area contributed by atoms with Gasteiger partial charge in [-0.3, -0.25) is 9.78 Å². The van der Waals surface area contributed by atoms with Crippen LogP contribution in [0.15, 0.2) is 30.5 Å². The molecule has 0 saturated carbocycles. The SMILES string of the molecule is CCOPCc1cnc2ccc(C=O)cc2c1. The van der Waals surface area contributed by atoms with E-state index >= 15 is 0 Å². The molecule has 1 aromatic carbocycles. The van der Waals surface area contributed by atoms with Crippen molar-refractivity contribution in [2.45, 2.75) is 13.1 Å². The van der Waals surface area contributed by atoms with E-state index < -0.39 is 0 Å². The number of pyridine rings is 1. The summed E-state index contributed by atoms with van der Waals surface area (Å²) in [6.07, 6.45) is 3.60. The Labute approximate surface area is 102 Å². The Hall–Kier alpha value is -1.31. The molecule has 3 nitrogen and oxygen atoms in total. The lowest BCUT2D eigenvalue weighted by Gasteiger charge is -2.03. The molecule has 1 aromatic heterocycles. The monoisotopic (exact) mass is 247 g/mol. The number of hydrogen-bond acceptors (Lipinski definition) is 3. The number of carbonyl (C=O) groups excluding carboxylic acids is 1. The number of aromatic nitrogens is 1. The van der Waals surface area contributed by atoms with Gasteiger partial charge in [0.2, 0.25) is 0 Å². The predicted octanol–water partition coefficient (Wildman–Crippen LogP) is 3.18. The first-order valence-corrected chi connectivity index (χ1v) is 6.63. The Balaban J connectivity index is 2.25. The zero-order chi connectivity index (χ0) is 12.1. The molecule has 0 radical (unpaired) electrons. The van der Waals surface area contributed by atoms with Gasteiger partial charge in [-0.15, -0.1) is 0 Å². The van der Waals surface area contributed by atoms with E-state index in [0.717, 1.165) is 35.5 Å². The van der Waals surface area contributed by atoms with Gasteiger partial charge in [-0.2, -0.15) is 0 Å². The molecule has 0 aliphatic heterocycles. The van der Waals surface area contributed by atoms with Crippen LogP contribution in [0, 0.1) is 0 Å². The van der Waals surface area contributed by atoms with E-state index in [2.05, 4.69) is 11.1 Å². The third-order valence-corrected chi connectivity index (χ3v) is 3.47. The van der Waals surface area contributed by atoms with Crippen LogP contribution >= 0.6 is 8.81 Å². The van der Waals surface area contributed by atoms with Gasteiger partial charge in [0.05, 0.1) is 5.52 Å². The maximum atomic E-state index is 10.7. The van der Waals surface area contributed by atoms with Gasteiger partial charge in [0.25, 0.3) is 0 Å². The molecule has 1 unspecified atom stereocenters. The van der Waals surface area contributed by atoms with Gasteiger partial charge in [0.1, 0.15) is 6.29 Å². The van der Waals surface area contributed by atoms with Crippen molar-refractivity contribution in [2.75, 3.05) is 6.61 Å².